The molecule has 2 aromatic carbocycles. The molecule has 0 unspecified atom stereocenters. The molecule has 1 fully saturated rings. The SMILES string of the molecule is C=C(C=CNc1ncccn1)C1(c2c(C)ccc3ccccc23)CCCC1. The maximum Gasteiger partial charge on any atom is 0.226 e. The lowest BCUT2D eigenvalue weighted by Crippen LogP contribution is -2.25. The summed E-state index contributed by atoms with van der Waals surface area (Å²) in [6, 6.07) is 15.0. The number of nitrogens with one attached hydrogen (secondary N) is 1. The Bertz CT molecular complexity index is 983. The van der Waals surface area contributed by atoms with Gasteiger partial charge >= 0.3 is 0 Å². The summed E-state index contributed by atoms with van der Waals surface area (Å²) >= 11 is 0. The highest BCUT2D eigenvalue weighted by Crippen LogP contribution is 2.49. The average Bonchev–Trinajstić information content (AvgIpc) is 3.19. The highest BCUT2D eigenvalue weighted by molar-refractivity contribution is 5.88. The first kappa shape index (κ1) is 17.5. The van der Waals surface area contributed by atoms with Gasteiger partial charge in [-0.1, -0.05) is 55.8 Å². The van der Waals surface area contributed by atoms with Crippen LogP contribution in [-0.4, -0.2) is 9.97 Å². The summed E-state index contributed by atoms with van der Waals surface area (Å²) in [5.41, 5.74) is 3.96. The molecule has 1 saturated carbocycles. The first-order valence-corrected chi connectivity index (χ1v) is 9.59. The second-order valence-electron chi connectivity index (χ2n) is 7.34. The standard InChI is InChI=1S/C24H25N3/c1-18-10-11-20-8-3-4-9-21(20)22(18)24(13-5-6-14-24)19(2)12-17-27-23-25-15-7-16-26-23/h3-4,7-12,15-17H,2,5-6,13-14H2,1H3,(H,25,26,27). The van der Waals surface area contributed by atoms with Crippen LogP contribution < -0.4 is 5.32 Å². The van der Waals surface area contributed by atoms with Crippen LogP contribution in [0, 0.1) is 6.92 Å². The molecule has 0 amide bonds. The normalized spacial score (nSPS) is 16.0. The highest BCUT2D eigenvalue weighted by atomic mass is 15.1. The van der Waals surface area contributed by atoms with Gasteiger partial charge in [0.15, 0.2) is 0 Å². The fourth-order valence-corrected chi connectivity index (χ4v) is 4.48. The van der Waals surface area contributed by atoms with Gasteiger partial charge < -0.3 is 5.32 Å². The van der Waals surface area contributed by atoms with Crippen molar-refractivity contribution in [3.8, 4) is 0 Å². The van der Waals surface area contributed by atoms with Crippen LogP contribution in [0.1, 0.15) is 36.8 Å². The van der Waals surface area contributed by atoms with Crippen molar-refractivity contribution in [2.24, 2.45) is 0 Å². The Morgan fingerprint density at radius 3 is 2.56 bits per heavy atom. The fourth-order valence-electron chi connectivity index (χ4n) is 4.48. The number of fused-ring (bicyclic) bond motifs is 1. The number of aromatic nitrogens is 2. The van der Waals surface area contributed by atoms with Crippen LogP contribution in [0.2, 0.25) is 0 Å². The van der Waals surface area contributed by atoms with E-state index in [2.05, 4.69) is 71.3 Å². The molecule has 0 bridgehead atoms. The summed E-state index contributed by atoms with van der Waals surface area (Å²) < 4.78 is 0. The Balaban J connectivity index is 1.72. The number of benzene rings is 2. The van der Waals surface area contributed by atoms with Crippen LogP contribution in [0.25, 0.3) is 10.8 Å². The van der Waals surface area contributed by atoms with Crippen LogP contribution in [0.5, 0.6) is 0 Å². The number of nitrogens with zero attached hydrogens (tertiary/aromatic N) is 2. The minimum atomic E-state index is 0.000666. The monoisotopic (exact) mass is 355 g/mol. The lowest BCUT2D eigenvalue weighted by molar-refractivity contribution is 0.537. The minimum absolute atomic E-state index is 0.000666. The third kappa shape index (κ3) is 3.25. The van der Waals surface area contributed by atoms with E-state index in [1.807, 2.05) is 12.3 Å². The average molecular weight is 355 g/mol. The maximum atomic E-state index is 4.50. The van der Waals surface area contributed by atoms with Gasteiger partial charge in [-0.15, -0.1) is 0 Å². The summed E-state index contributed by atoms with van der Waals surface area (Å²) in [6.45, 7) is 6.73. The van der Waals surface area contributed by atoms with Gasteiger partial charge in [-0.25, -0.2) is 9.97 Å². The van der Waals surface area contributed by atoms with Crippen molar-refractivity contribution in [1.82, 2.24) is 9.97 Å². The number of allylic oxidation sites excluding steroid dienone is 2. The number of hydrogen-bond acceptors (Lipinski definition) is 3. The molecule has 3 heteroatoms. The molecule has 1 N–H and O–H groups in total. The fraction of sp³-hybridized carbons (Fsp3) is 0.250. The Morgan fingerprint density at radius 1 is 1.04 bits per heavy atom. The van der Waals surface area contributed by atoms with Crippen molar-refractivity contribution in [2.75, 3.05) is 5.32 Å². The third-order valence-electron chi connectivity index (χ3n) is 5.75. The second-order valence-corrected chi connectivity index (χ2v) is 7.34. The lowest BCUT2D eigenvalue weighted by Gasteiger charge is -2.33. The smallest absolute Gasteiger partial charge is 0.226 e. The van der Waals surface area contributed by atoms with Crippen molar-refractivity contribution in [3.63, 3.8) is 0 Å². The highest BCUT2D eigenvalue weighted by Gasteiger charge is 2.39. The van der Waals surface area contributed by atoms with Gasteiger partial charge in [0.2, 0.25) is 5.95 Å². The van der Waals surface area contributed by atoms with E-state index in [0.29, 0.717) is 5.95 Å². The largest absolute Gasteiger partial charge is 0.331 e. The van der Waals surface area contributed by atoms with E-state index >= 15 is 0 Å². The van der Waals surface area contributed by atoms with Crippen LogP contribution in [0.15, 0.2) is 79.3 Å². The summed E-state index contributed by atoms with van der Waals surface area (Å²) in [7, 11) is 0. The molecule has 0 spiro atoms. The quantitative estimate of drug-likeness (QED) is 0.576. The van der Waals surface area contributed by atoms with Crippen LogP contribution in [-0.2, 0) is 5.41 Å². The molecular formula is C24H25N3. The van der Waals surface area contributed by atoms with E-state index in [-0.39, 0.29) is 5.41 Å². The molecule has 0 aliphatic heterocycles. The molecule has 0 atom stereocenters. The molecule has 136 valence electrons. The zero-order valence-corrected chi connectivity index (χ0v) is 15.8. The van der Waals surface area contributed by atoms with E-state index in [0.717, 1.165) is 18.4 Å². The Hall–Kier alpha value is -2.94. The molecular weight excluding hydrogens is 330 g/mol. The topological polar surface area (TPSA) is 37.8 Å². The van der Waals surface area contributed by atoms with Crippen molar-refractivity contribution < 1.29 is 0 Å². The van der Waals surface area contributed by atoms with Gasteiger partial charge in [0.1, 0.15) is 0 Å². The Morgan fingerprint density at radius 2 is 1.78 bits per heavy atom. The first-order chi connectivity index (χ1) is 13.2. The van der Waals surface area contributed by atoms with E-state index in [1.54, 1.807) is 12.4 Å². The second kappa shape index (κ2) is 7.36. The van der Waals surface area contributed by atoms with Gasteiger partial charge in [0.05, 0.1) is 0 Å². The first-order valence-electron chi connectivity index (χ1n) is 9.59. The van der Waals surface area contributed by atoms with E-state index in [1.165, 1.54) is 34.7 Å². The van der Waals surface area contributed by atoms with Crippen LogP contribution in [0.4, 0.5) is 5.95 Å². The number of rotatable bonds is 5. The maximum absolute atomic E-state index is 4.50. The van der Waals surface area contributed by atoms with Crippen LogP contribution >= 0.6 is 0 Å². The van der Waals surface area contributed by atoms with Gasteiger partial charge in [-0.2, -0.15) is 0 Å². The third-order valence-corrected chi connectivity index (χ3v) is 5.75. The molecule has 1 aliphatic rings. The summed E-state index contributed by atoms with van der Waals surface area (Å²) in [5.74, 6) is 0.600. The predicted octanol–water partition coefficient (Wildman–Crippen LogP) is 5.93. The zero-order valence-electron chi connectivity index (χ0n) is 15.8. The van der Waals surface area contributed by atoms with E-state index < -0.39 is 0 Å². The van der Waals surface area contributed by atoms with Crippen molar-refractivity contribution in [2.45, 2.75) is 38.0 Å². The zero-order chi connectivity index (χ0) is 18.7. The van der Waals surface area contributed by atoms with Gasteiger partial charge in [0.25, 0.3) is 0 Å². The van der Waals surface area contributed by atoms with E-state index in [4.69, 9.17) is 0 Å². The molecule has 0 saturated heterocycles. The van der Waals surface area contributed by atoms with Crippen LogP contribution in [0.3, 0.4) is 0 Å². The molecule has 1 aliphatic carbocycles. The Labute approximate surface area is 160 Å². The molecule has 27 heavy (non-hydrogen) atoms. The number of anilines is 1. The molecule has 1 heterocycles. The van der Waals surface area contributed by atoms with E-state index in [9.17, 15) is 0 Å². The minimum Gasteiger partial charge on any atom is -0.331 e. The molecule has 3 aromatic rings. The van der Waals surface area contributed by atoms with Gasteiger partial charge in [0, 0.05) is 24.0 Å². The van der Waals surface area contributed by atoms with Gasteiger partial charge in [-0.05, 0) is 59.4 Å². The van der Waals surface area contributed by atoms with Crippen molar-refractivity contribution >= 4 is 16.7 Å². The predicted molar refractivity (Wildman–Crippen MR) is 113 cm³/mol. The lowest BCUT2D eigenvalue weighted by atomic mass is 9.70. The number of hydrogen-bond donors (Lipinski definition) is 1. The molecule has 0 radical (unpaired) electrons. The van der Waals surface area contributed by atoms with Gasteiger partial charge in [-0.3, -0.25) is 0 Å². The van der Waals surface area contributed by atoms with Crippen molar-refractivity contribution in [3.05, 3.63) is 90.4 Å². The molecule has 4 rings (SSSR count). The summed E-state index contributed by atoms with van der Waals surface area (Å²) in [5, 5.41) is 5.81. The van der Waals surface area contributed by atoms with Crippen molar-refractivity contribution in [1.29, 1.82) is 0 Å². The summed E-state index contributed by atoms with van der Waals surface area (Å²) in [4.78, 5) is 8.40. The number of aryl methyl sites for hydroxylation is 1. The molecule has 1 aromatic heterocycles. The summed E-state index contributed by atoms with van der Waals surface area (Å²) in [6.07, 6.45) is 12.3. The Kier molecular flexibility index (Phi) is 4.76. The molecule has 3 nitrogen and oxygen atoms in total.